The van der Waals surface area contributed by atoms with Gasteiger partial charge in [-0.3, -0.25) is 4.90 Å². The van der Waals surface area contributed by atoms with Crippen LogP contribution < -0.4 is 5.32 Å². The van der Waals surface area contributed by atoms with Crippen molar-refractivity contribution in [1.82, 2.24) is 15.1 Å². The fraction of sp³-hybridized carbons (Fsp3) is 1.00. The first-order valence-corrected chi connectivity index (χ1v) is 8.99. The van der Waals surface area contributed by atoms with Gasteiger partial charge in [-0.2, -0.15) is 0 Å². The number of piperidine rings is 1. The molecule has 3 rings (SSSR count). The molecule has 3 saturated heterocycles. The molecule has 1 N–H and O–H groups in total. The van der Waals surface area contributed by atoms with Crippen LogP contribution in [0.15, 0.2) is 0 Å². The van der Waals surface area contributed by atoms with E-state index in [9.17, 15) is 0 Å². The second kappa shape index (κ2) is 6.33. The van der Waals surface area contributed by atoms with E-state index in [1.165, 1.54) is 77.7 Å². The zero-order valence-corrected chi connectivity index (χ0v) is 13.5. The fourth-order valence-electron chi connectivity index (χ4n) is 4.73. The zero-order valence-electron chi connectivity index (χ0n) is 13.5. The lowest BCUT2D eigenvalue weighted by Crippen LogP contribution is -2.55. The van der Waals surface area contributed by atoms with Crippen molar-refractivity contribution in [2.45, 2.75) is 76.4 Å². The Morgan fingerprint density at radius 3 is 2.50 bits per heavy atom. The molecular formula is C17H33N3. The van der Waals surface area contributed by atoms with Gasteiger partial charge in [-0.15, -0.1) is 0 Å². The molecule has 0 aromatic heterocycles. The number of hydrogen-bond donors (Lipinski definition) is 1. The van der Waals surface area contributed by atoms with Crippen molar-refractivity contribution < 1.29 is 0 Å². The third-order valence-corrected chi connectivity index (χ3v) is 6.29. The summed E-state index contributed by atoms with van der Waals surface area (Å²) < 4.78 is 0. The minimum Gasteiger partial charge on any atom is -0.310 e. The highest BCUT2D eigenvalue weighted by molar-refractivity contribution is 4.96. The summed E-state index contributed by atoms with van der Waals surface area (Å²) in [5.41, 5.74) is 0.378. The Morgan fingerprint density at radius 1 is 0.950 bits per heavy atom. The third-order valence-electron chi connectivity index (χ3n) is 6.29. The van der Waals surface area contributed by atoms with E-state index >= 15 is 0 Å². The molecule has 3 aliphatic rings. The molecule has 0 spiro atoms. The van der Waals surface area contributed by atoms with E-state index in [1.807, 2.05) is 0 Å². The van der Waals surface area contributed by atoms with Crippen molar-refractivity contribution in [2.75, 3.05) is 32.7 Å². The molecule has 0 aromatic carbocycles. The molecule has 3 heteroatoms. The summed E-state index contributed by atoms with van der Waals surface area (Å²) in [5.74, 6) is 0. The highest BCUT2D eigenvalue weighted by atomic mass is 15.3. The van der Waals surface area contributed by atoms with Gasteiger partial charge in [-0.1, -0.05) is 13.8 Å². The normalized spacial score (nSPS) is 35.7. The van der Waals surface area contributed by atoms with Gasteiger partial charge in [0, 0.05) is 24.2 Å². The van der Waals surface area contributed by atoms with Gasteiger partial charge in [0.2, 0.25) is 0 Å². The summed E-state index contributed by atoms with van der Waals surface area (Å²) in [6, 6.07) is 1.76. The third kappa shape index (κ3) is 2.90. The molecule has 3 heterocycles. The summed E-state index contributed by atoms with van der Waals surface area (Å²) in [5, 5.41) is 3.86. The van der Waals surface area contributed by atoms with E-state index in [0.717, 1.165) is 12.1 Å². The van der Waals surface area contributed by atoms with Crippen LogP contribution in [0.3, 0.4) is 0 Å². The molecule has 116 valence electrons. The Hall–Kier alpha value is -0.120. The Balaban J connectivity index is 1.65. The average Bonchev–Trinajstić information content (AvgIpc) is 2.85. The van der Waals surface area contributed by atoms with Crippen molar-refractivity contribution >= 4 is 0 Å². The van der Waals surface area contributed by atoms with Gasteiger partial charge in [0.15, 0.2) is 0 Å². The Kier molecular flexibility index (Phi) is 4.68. The number of nitrogens with one attached hydrogen (secondary N) is 1. The van der Waals surface area contributed by atoms with Gasteiger partial charge in [-0.25, -0.2) is 0 Å². The standard InChI is InChI=1S/C17H33N3/c1-3-17(4-2)14-20(11-6-9-18-17)16-8-12-19-10-5-7-15(19)13-16/h15-16,18H,3-14H2,1-2H3. The predicted molar refractivity (Wildman–Crippen MR) is 85.1 cm³/mol. The van der Waals surface area contributed by atoms with Crippen molar-refractivity contribution in [3.05, 3.63) is 0 Å². The van der Waals surface area contributed by atoms with Gasteiger partial charge < -0.3 is 10.2 Å². The highest BCUT2D eigenvalue weighted by Crippen LogP contribution is 2.31. The number of hydrogen-bond acceptors (Lipinski definition) is 3. The molecule has 20 heavy (non-hydrogen) atoms. The van der Waals surface area contributed by atoms with Gasteiger partial charge in [-0.05, 0) is 71.1 Å². The molecule has 3 nitrogen and oxygen atoms in total. The molecule has 0 aliphatic carbocycles. The zero-order chi connectivity index (χ0) is 14.0. The Bertz CT molecular complexity index is 313. The predicted octanol–water partition coefficient (Wildman–Crippen LogP) is 2.47. The van der Waals surface area contributed by atoms with Gasteiger partial charge in [0.05, 0.1) is 0 Å². The van der Waals surface area contributed by atoms with Crippen molar-refractivity contribution in [3.63, 3.8) is 0 Å². The summed E-state index contributed by atoms with van der Waals surface area (Å²) >= 11 is 0. The number of fused-ring (bicyclic) bond motifs is 1. The minimum absolute atomic E-state index is 0.378. The smallest absolute Gasteiger partial charge is 0.0303 e. The quantitative estimate of drug-likeness (QED) is 0.856. The molecule has 2 atom stereocenters. The molecule has 3 aliphatic heterocycles. The lowest BCUT2D eigenvalue weighted by molar-refractivity contribution is 0.0717. The lowest BCUT2D eigenvalue weighted by Gasteiger charge is -2.43. The van der Waals surface area contributed by atoms with Crippen LogP contribution in [0.4, 0.5) is 0 Å². The lowest BCUT2D eigenvalue weighted by atomic mass is 9.90. The first kappa shape index (κ1) is 14.8. The average molecular weight is 279 g/mol. The number of rotatable bonds is 3. The molecule has 0 radical (unpaired) electrons. The van der Waals surface area contributed by atoms with E-state index in [1.54, 1.807) is 0 Å². The van der Waals surface area contributed by atoms with Crippen molar-refractivity contribution in [3.8, 4) is 0 Å². The summed E-state index contributed by atoms with van der Waals surface area (Å²) in [7, 11) is 0. The first-order valence-electron chi connectivity index (χ1n) is 8.99. The number of nitrogens with zero attached hydrogens (tertiary/aromatic N) is 2. The Morgan fingerprint density at radius 2 is 1.70 bits per heavy atom. The van der Waals surface area contributed by atoms with Crippen LogP contribution in [0.2, 0.25) is 0 Å². The summed E-state index contributed by atoms with van der Waals surface area (Å²) in [6.45, 7) is 11.2. The maximum absolute atomic E-state index is 3.86. The minimum atomic E-state index is 0.378. The highest BCUT2D eigenvalue weighted by Gasteiger charge is 2.37. The molecular weight excluding hydrogens is 246 g/mol. The second-order valence-electron chi connectivity index (χ2n) is 7.25. The van der Waals surface area contributed by atoms with Crippen molar-refractivity contribution in [1.29, 1.82) is 0 Å². The van der Waals surface area contributed by atoms with E-state index in [0.29, 0.717) is 5.54 Å². The molecule has 0 amide bonds. The fourth-order valence-corrected chi connectivity index (χ4v) is 4.73. The van der Waals surface area contributed by atoms with E-state index in [2.05, 4.69) is 29.0 Å². The van der Waals surface area contributed by atoms with Crippen LogP contribution in [-0.4, -0.2) is 60.1 Å². The van der Waals surface area contributed by atoms with Crippen LogP contribution in [0, 0.1) is 0 Å². The largest absolute Gasteiger partial charge is 0.310 e. The molecule has 3 fully saturated rings. The molecule has 2 unspecified atom stereocenters. The molecule has 0 aromatic rings. The summed E-state index contributed by atoms with van der Waals surface area (Å²) in [6.07, 6.45) is 9.59. The van der Waals surface area contributed by atoms with Crippen LogP contribution in [0.5, 0.6) is 0 Å². The summed E-state index contributed by atoms with van der Waals surface area (Å²) in [4.78, 5) is 5.60. The van der Waals surface area contributed by atoms with Crippen LogP contribution in [0.1, 0.15) is 58.8 Å². The molecule has 0 saturated carbocycles. The van der Waals surface area contributed by atoms with E-state index < -0.39 is 0 Å². The second-order valence-corrected chi connectivity index (χ2v) is 7.25. The van der Waals surface area contributed by atoms with Crippen molar-refractivity contribution in [2.24, 2.45) is 0 Å². The van der Waals surface area contributed by atoms with Crippen LogP contribution in [-0.2, 0) is 0 Å². The van der Waals surface area contributed by atoms with Crippen LogP contribution >= 0.6 is 0 Å². The Labute approximate surface area is 125 Å². The van der Waals surface area contributed by atoms with Gasteiger partial charge in [0.25, 0.3) is 0 Å². The van der Waals surface area contributed by atoms with E-state index in [4.69, 9.17) is 0 Å². The van der Waals surface area contributed by atoms with Gasteiger partial charge >= 0.3 is 0 Å². The van der Waals surface area contributed by atoms with E-state index in [-0.39, 0.29) is 0 Å². The monoisotopic (exact) mass is 279 g/mol. The maximum atomic E-state index is 3.86. The first-order chi connectivity index (χ1) is 9.76. The van der Waals surface area contributed by atoms with Crippen LogP contribution in [0.25, 0.3) is 0 Å². The SMILES string of the molecule is CCC1(CC)CN(C2CCN3CCCC3C2)CCCN1. The molecule has 0 bridgehead atoms. The maximum Gasteiger partial charge on any atom is 0.0303 e. The topological polar surface area (TPSA) is 18.5 Å². The van der Waals surface area contributed by atoms with Gasteiger partial charge in [0.1, 0.15) is 0 Å².